The Bertz CT molecular complexity index is 390. The summed E-state index contributed by atoms with van der Waals surface area (Å²) in [6.07, 6.45) is -1.55. The van der Waals surface area contributed by atoms with Crippen molar-refractivity contribution in [2.75, 3.05) is 13.1 Å². The quantitative estimate of drug-likeness (QED) is 0.846. The van der Waals surface area contributed by atoms with Crippen molar-refractivity contribution in [1.29, 1.82) is 0 Å². The van der Waals surface area contributed by atoms with Gasteiger partial charge in [-0.1, -0.05) is 19.3 Å². The first-order chi connectivity index (χ1) is 9.32. The molecule has 0 aromatic carbocycles. The van der Waals surface area contributed by atoms with Crippen LogP contribution < -0.4 is 5.32 Å². The molecule has 0 radical (unpaired) electrons. The smallest absolute Gasteiger partial charge is 0.342 e. The van der Waals surface area contributed by atoms with Gasteiger partial charge in [0.2, 0.25) is 11.8 Å². The molecule has 1 N–H and O–H groups in total. The molecule has 2 aliphatic rings. The summed E-state index contributed by atoms with van der Waals surface area (Å²) in [6.45, 7) is -0.290. The third-order valence-electron chi connectivity index (χ3n) is 4.06. The first-order valence-electron chi connectivity index (χ1n) is 7.00. The second-order valence-corrected chi connectivity index (χ2v) is 5.60. The SMILES string of the molecule is O=C1CCN(CCC(F)(F)F)C(=O)C2(CCCCC2)N1. The minimum absolute atomic E-state index is 0.0719. The van der Waals surface area contributed by atoms with Crippen molar-refractivity contribution in [3.05, 3.63) is 0 Å². The molecular weight excluding hydrogens is 273 g/mol. The van der Waals surface area contributed by atoms with E-state index >= 15 is 0 Å². The standard InChI is InChI=1S/C13H19F3N2O2/c14-13(15,16)7-9-18-8-4-10(19)17-12(11(18)20)5-2-1-3-6-12/h1-9H2,(H,17,19). The van der Waals surface area contributed by atoms with Crippen molar-refractivity contribution >= 4 is 11.8 Å². The molecule has 1 saturated heterocycles. The predicted octanol–water partition coefficient (Wildman–Crippen LogP) is 1.99. The second-order valence-electron chi connectivity index (χ2n) is 5.60. The number of hydrogen-bond acceptors (Lipinski definition) is 2. The summed E-state index contributed by atoms with van der Waals surface area (Å²) < 4.78 is 37.0. The van der Waals surface area contributed by atoms with Crippen molar-refractivity contribution in [3.8, 4) is 0 Å². The number of carbonyl (C=O) groups is 2. The van der Waals surface area contributed by atoms with Gasteiger partial charge in [-0.3, -0.25) is 9.59 Å². The molecule has 1 aliphatic carbocycles. The number of carbonyl (C=O) groups excluding carboxylic acids is 2. The minimum atomic E-state index is -4.29. The largest absolute Gasteiger partial charge is 0.390 e. The normalized spacial score (nSPS) is 23.6. The molecule has 2 rings (SSSR count). The van der Waals surface area contributed by atoms with Crippen LogP contribution in [0.25, 0.3) is 0 Å². The Labute approximate surface area is 115 Å². The van der Waals surface area contributed by atoms with E-state index in [1.165, 1.54) is 4.90 Å². The van der Waals surface area contributed by atoms with Crippen molar-refractivity contribution < 1.29 is 22.8 Å². The fraction of sp³-hybridized carbons (Fsp3) is 0.846. The fourth-order valence-electron chi connectivity index (χ4n) is 2.99. The first kappa shape index (κ1) is 15.1. The van der Waals surface area contributed by atoms with Crippen molar-refractivity contribution in [3.63, 3.8) is 0 Å². The van der Waals surface area contributed by atoms with E-state index in [2.05, 4.69) is 5.32 Å². The number of amides is 2. The number of halogens is 3. The van der Waals surface area contributed by atoms with Gasteiger partial charge in [-0.05, 0) is 12.8 Å². The third kappa shape index (κ3) is 3.43. The van der Waals surface area contributed by atoms with Crippen molar-refractivity contribution in [2.24, 2.45) is 0 Å². The molecule has 1 aliphatic heterocycles. The topological polar surface area (TPSA) is 49.4 Å². The van der Waals surface area contributed by atoms with Crippen LogP contribution in [0.4, 0.5) is 13.2 Å². The molecule has 1 spiro atoms. The molecule has 2 amide bonds. The van der Waals surface area contributed by atoms with Gasteiger partial charge < -0.3 is 10.2 Å². The maximum Gasteiger partial charge on any atom is 0.390 e. The lowest BCUT2D eigenvalue weighted by molar-refractivity contribution is -0.149. The summed E-state index contributed by atoms with van der Waals surface area (Å²) in [6, 6.07) is 0. The van der Waals surface area contributed by atoms with E-state index in [0.717, 1.165) is 19.3 Å². The monoisotopic (exact) mass is 292 g/mol. The second kappa shape index (κ2) is 5.61. The Balaban J connectivity index is 2.12. The van der Waals surface area contributed by atoms with Crippen LogP contribution in [0.15, 0.2) is 0 Å². The molecule has 20 heavy (non-hydrogen) atoms. The average molecular weight is 292 g/mol. The summed E-state index contributed by atoms with van der Waals surface area (Å²) in [5, 5.41) is 2.76. The lowest BCUT2D eigenvalue weighted by Gasteiger charge is -2.38. The van der Waals surface area contributed by atoms with Crippen LogP contribution >= 0.6 is 0 Å². The molecule has 1 saturated carbocycles. The Hall–Kier alpha value is -1.27. The van der Waals surface area contributed by atoms with E-state index in [1.807, 2.05) is 0 Å². The van der Waals surface area contributed by atoms with Gasteiger partial charge >= 0.3 is 6.18 Å². The first-order valence-corrected chi connectivity index (χ1v) is 7.00. The minimum Gasteiger partial charge on any atom is -0.342 e. The van der Waals surface area contributed by atoms with Gasteiger partial charge in [0.1, 0.15) is 5.54 Å². The molecule has 4 nitrogen and oxygen atoms in total. The zero-order valence-electron chi connectivity index (χ0n) is 11.3. The highest BCUT2D eigenvalue weighted by Crippen LogP contribution is 2.32. The molecule has 0 aromatic rings. The molecule has 114 valence electrons. The predicted molar refractivity (Wildman–Crippen MR) is 65.8 cm³/mol. The molecule has 0 atom stereocenters. The summed E-state index contributed by atoms with van der Waals surface area (Å²) in [5.74, 6) is -0.581. The van der Waals surface area contributed by atoms with Gasteiger partial charge in [-0.25, -0.2) is 0 Å². The van der Waals surface area contributed by atoms with Crippen LogP contribution in [0, 0.1) is 0 Å². The molecule has 0 bridgehead atoms. The highest BCUT2D eigenvalue weighted by atomic mass is 19.4. The van der Waals surface area contributed by atoms with Gasteiger partial charge in [0, 0.05) is 19.5 Å². The Morgan fingerprint density at radius 3 is 2.40 bits per heavy atom. The van der Waals surface area contributed by atoms with Crippen LogP contribution in [0.2, 0.25) is 0 Å². The van der Waals surface area contributed by atoms with Gasteiger partial charge in [-0.15, -0.1) is 0 Å². The summed E-state index contributed by atoms with van der Waals surface area (Å²) >= 11 is 0. The maximum absolute atomic E-state index is 12.5. The number of nitrogens with zero attached hydrogens (tertiary/aromatic N) is 1. The lowest BCUT2D eigenvalue weighted by atomic mass is 9.80. The zero-order valence-corrected chi connectivity index (χ0v) is 11.3. The van der Waals surface area contributed by atoms with E-state index in [1.54, 1.807) is 0 Å². The number of nitrogens with one attached hydrogen (secondary N) is 1. The van der Waals surface area contributed by atoms with Crippen LogP contribution in [-0.2, 0) is 9.59 Å². The number of rotatable bonds is 2. The fourth-order valence-corrected chi connectivity index (χ4v) is 2.99. The van der Waals surface area contributed by atoms with E-state index in [9.17, 15) is 22.8 Å². The number of alkyl halides is 3. The van der Waals surface area contributed by atoms with E-state index in [0.29, 0.717) is 12.8 Å². The summed E-state index contributed by atoms with van der Waals surface area (Å²) in [5.41, 5.74) is -0.961. The Morgan fingerprint density at radius 2 is 1.80 bits per heavy atom. The lowest BCUT2D eigenvalue weighted by Crippen LogP contribution is -2.58. The molecular formula is C13H19F3N2O2. The molecule has 2 fully saturated rings. The highest BCUT2D eigenvalue weighted by molar-refractivity contribution is 5.93. The zero-order chi connectivity index (χ0) is 14.8. The summed E-state index contributed by atoms with van der Waals surface area (Å²) in [7, 11) is 0. The van der Waals surface area contributed by atoms with Gasteiger partial charge in [0.15, 0.2) is 0 Å². The van der Waals surface area contributed by atoms with E-state index < -0.39 is 18.1 Å². The summed E-state index contributed by atoms with van der Waals surface area (Å²) in [4.78, 5) is 25.5. The third-order valence-corrected chi connectivity index (χ3v) is 4.06. The van der Waals surface area contributed by atoms with Crippen LogP contribution in [-0.4, -0.2) is 41.5 Å². The maximum atomic E-state index is 12.5. The van der Waals surface area contributed by atoms with Gasteiger partial charge in [0.25, 0.3) is 0 Å². The van der Waals surface area contributed by atoms with Crippen LogP contribution in [0.5, 0.6) is 0 Å². The molecule has 1 heterocycles. The van der Waals surface area contributed by atoms with Gasteiger partial charge in [-0.2, -0.15) is 13.2 Å². The average Bonchev–Trinajstić information content (AvgIpc) is 2.47. The van der Waals surface area contributed by atoms with Crippen molar-refractivity contribution in [1.82, 2.24) is 10.2 Å². The van der Waals surface area contributed by atoms with Crippen LogP contribution in [0.1, 0.15) is 44.9 Å². The molecule has 0 aromatic heterocycles. The van der Waals surface area contributed by atoms with Gasteiger partial charge in [0.05, 0.1) is 6.42 Å². The highest BCUT2D eigenvalue weighted by Gasteiger charge is 2.45. The van der Waals surface area contributed by atoms with Crippen molar-refractivity contribution in [2.45, 2.75) is 56.7 Å². The molecule has 7 heteroatoms. The Morgan fingerprint density at radius 1 is 1.15 bits per heavy atom. The molecule has 0 unspecified atom stereocenters. The number of hydrogen-bond donors (Lipinski definition) is 1. The van der Waals surface area contributed by atoms with E-state index in [4.69, 9.17) is 0 Å². The Kier molecular flexibility index (Phi) is 4.25. The van der Waals surface area contributed by atoms with Crippen LogP contribution in [0.3, 0.4) is 0 Å². The van der Waals surface area contributed by atoms with E-state index in [-0.39, 0.29) is 31.3 Å².